The van der Waals surface area contributed by atoms with Crippen molar-refractivity contribution in [1.29, 1.82) is 0 Å². The zero-order valence-electron chi connectivity index (χ0n) is 11.8. The van der Waals surface area contributed by atoms with E-state index in [-0.39, 0.29) is 18.7 Å². The number of carboxylic acid groups (broad SMARTS) is 1. The highest BCUT2D eigenvalue weighted by atomic mass is 16.4. The zero-order chi connectivity index (χ0) is 15.4. The number of carbonyl (C=O) groups is 3. The van der Waals surface area contributed by atoms with E-state index >= 15 is 0 Å². The third-order valence-electron chi connectivity index (χ3n) is 3.32. The van der Waals surface area contributed by atoms with Crippen molar-refractivity contribution in [3.63, 3.8) is 0 Å². The summed E-state index contributed by atoms with van der Waals surface area (Å²) in [4.78, 5) is 36.0. The van der Waals surface area contributed by atoms with Crippen molar-refractivity contribution >= 4 is 23.6 Å². The second kappa shape index (κ2) is 6.38. The van der Waals surface area contributed by atoms with Crippen molar-refractivity contribution in [2.24, 2.45) is 7.05 Å². The molecule has 8 nitrogen and oxygen atoms in total. The van der Waals surface area contributed by atoms with Crippen LogP contribution in [0.1, 0.15) is 25.7 Å². The Labute approximate surface area is 121 Å². The summed E-state index contributed by atoms with van der Waals surface area (Å²) < 4.78 is 1.61. The topological polar surface area (TPSA) is 105 Å². The van der Waals surface area contributed by atoms with E-state index in [0.29, 0.717) is 18.8 Å². The maximum absolute atomic E-state index is 12.4. The molecule has 1 aliphatic rings. The van der Waals surface area contributed by atoms with Gasteiger partial charge in [-0.05, 0) is 12.8 Å². The number of piperidine rings is 1. The van der Waals surface area contributed by atoms with Gasteiger partial charge in [0, 0.05) is 32.3 Å². The fourth-order valence-electron chi connectivity index (χ4n) is 2.27. The van der Waals surface area contributed by atoms with Crippen molar-refractivity contribution in [3.8, 4) is 0 Å². The molecule has 0 saturated carbocycles. The van der Waals surface area contributed by atoms with Crippen molar-refractivity contribution in [2.45, 2.75) is 31.7 Å². The van der Waals surface area contributed by atoms with E-state index in [1.54, 1.807) is 28.9 Å². The summed E-state index contributed by atoms with van der Waals surface area (Å²) in [6.07, 6.45) is 2.70. The molecule has 1 unspecified atom stereocenters. The van der Waals surface area contributed by atoms with E-state index in [1.165, 1.54) is 0 Å². The van der Waals surface area contributed by atoms with Crippen LogP contribution in [0.25, 0.3) is 0 Å². The summed E-state index contributed by atoms with van der Waals surface area (Å²) in [6, 6.07) is 1.13. The Kier molecular flexibility index (Phi) is 4.56. The van der Waals surface area contributed by atoms with Crippen LogP contribution in [-0.2, 0) is 21.4 Å². The van der Waals surface area contributed by atoms with Crippen LogP contribution in [0, 0.1) is 0 Å². The molecule has 8 heteroatoms. The molecular weight excluding hydrogens is 276 g/mol. The molecule has 2 N–H and O–H groups in total. The molecule has 21 heavy (non-hydrogen) atoms. The Balaban J connectivity index is 1.96. The predicted molar refractivity (Wildman–Crippen MR) is 73.6 cm³/mol. The molecule has 1 fully saturated rings. The average Bonchev–Trinajstić information content (AvgIpc) is 2.85. The van der Waals surface area contributed by atoms with Gasteiger partial charge in [-0.2, -0.15) is 5.10 Å². The van der Waals surface area contributed by atoms with E-state index in [1.807, 2.05) is 0 Å². The van der Waals surface area contributed by atoms with E-state index in [2.05, 4.69) is 10.4 Å². The molecule has 2 rings (SSSR count). The summed E-state index contributed by atoms with van der Waals surface area (Å²) in [5.74, 6) is -1.09. The summed E-state index contributed by atoms with van der Waals surface area (Å²) in [7, 11) is 1.77. The lowest BCUT2D eigenvalue weighted by molar-refractivity contribution is -0.139. The van der Waals surface area contributed by atoms with Crippen LogP contribution in [0.5, 0.6) is 0 Å². The van der Waals surface area contributed by atoms with E-state index in [0.717, 1.165) is 6.42 Å². The standard InChI is InChI=1S/C13H18N4O4/c1-16-8-6-10(15-16)17-7-2-3-9(13(17)21)14-11(18)4-5-12(19)20/h6,8-9H,2-5,7H2,1H3,(H,14,18)(H,19,20). The molecule has 0 spiro atoms. The summed E-state index contributed by atoms with van der Waals surface area (Å²) in [6.45, 7) is 0.567. The van der Waals surface area contributed by atoms with Gasteiger partial charge in [0.05, 0.1) is 6.42 Å². The molecule has 1 saturated heterocycles. The molecule has 0 bridgehead atoms. The molecule has 0 aromatic carbocycles. The van der Waals surface area contributed by atoms with Crippen LogP contribution in [-0.4, -0.2) is 45.3 Å². The molecule has 114 valence electrons. The van der Waals surface area contributed by atoms with Gasteiger partial charge in [-0.3, -0.25) is 24.0 Å². The first-order chi connectivity index (χ1) is 9.97. The molecule has 1 aliphatic heterocycles. The lowest BCUT2D eigenvalue weighted by Gasteiger charge is -2.31. The first-order valence-corrected chi connectivity index (χ1v) is 6.79. The van der Waals surface area contributed by atoms with Crippen molar-refractivity contribution in [3.05, 3.63) is 12.3 Å². The highest BCUT2D eigenvalue weighted by Crippen LogP contribution is 2.19. The van der Waals surface area contributed by atoms with Gasteiger partial charge >= 0.3 is 5.97 Å². The average molecular weight is 294 g/mol. The Hall–Kier alpha value is -2.38. The molecular formula is C13H18N4O4. The first-order valence-electron chi connectivity index (χ1n) is 6.79. The number of hydrogen-bond donors (Lipinski definition) is 2. The molecule has 2 amide bonds. The van der Waals surface area contributed by atoms with Crippen LogP contribution >= 0.6 is 0 Å². The van der Waals surface area contributed by atoms with Crippen molar-refractivity contribution in [2.75, 3.05) is 11.4 Å². The monoisotopic (exact) mass is 294 g/mol. The number of rotatable bonds is 5. The maximum atomic E-state index is 12.4. The van der Waals surface area contributed by atoms with Crippen LogP contribution in [0.2, 0.25) is 0 Å². The molecule has 0 aliphatic carbocycles. The van der Waals surface area contributed by atoms with Gasteiger partial charge in [-0.15, -0.1) is 0 Å². The number of carbonyl (C=O) groups excluding carboxylic acids is 2. The number of anilines is 1. The molecule has 1 aromatic rings. The van der Waals surface area contributed by atoms with Crippen molar-refractivity contribution in [1.82, 2.24) is 15.1 Å². The number of carboxylic acids is 1. The fraction of sp³-hybridized carbons (Fsp3) is 0.538. The third kappa shape index (κ3) is 3.80. The Morgan fingerprint density at radius 3 is 2.86 bits per heavy atom. The molecule has 1 atom stereocenters. The fourth-order valence-corrected chi connectivity index (χ4v) is 2.27. The van der Waals surface area contributed by atoms with Gasteiger partial charge in [0.2, 0.25) is 5.91 Å². The minimum absolute atomic E-state index is 0.122. The number of aliphatic carboxylic acids is 1. The van der Waals surface area contributed by atoms with Gasteiger partial charge in [-0.1, -0.05) is 0 Å². The Morgan fingerprint density at radius 2 is 2.24 bits per heavy atom. The van der Waals surface area contributed by atoms with E-state index in [4.69, 9.17) is 5.11 Å². The van der Waals surface area contributed by atoms with Crippen LogP contribution in [0.3, 0.4) is 0 Å². The SMILES string of the molecule is Cn1ccc(N2CCCC(NC(=O)CCC(=O)O)C2=O)n1. The lowest BCUT2D eigenvalue weighted by atomic mass is 10.0. The molecule has 1 aromatic heterocycles. The quantitative estimate of drug-likeness (QED) is 0.789. The summed E-state index contributed by atoms with van der Waals surface area (Å²) >= 11 is 0. The van der Waals surface area contributed by atoms with Gasteiger partial charge in [-0.25, -0.2) is 0 Å². The van der Waals surface area contributed by atoms with Crippen molar-refractivity contribution < 1.29 is 19.5 Å². The highest BCUT2D eigenvalue weighted by Gasteiger charge is 2.31. The predicted octanol–water partition coefficient (Wildman–Crippen LogP) is -0.104. The second-order valence-electron chi connectivity index (χ2n) is 4.99. The number of aromatic nitrogens is 2. The lowest BCUT2D eigenvalue weighted by Crippen LogP contribution is -2.52. The number of amides is 2. The zero-order valence-corrected chi connectivity index (χ0v) is 11.8. The smallest absolute Gasteiger partial charge is 0.303 e. The van der Waals surface area contributed by atoms with Gasteiger partial charge < -0.3 is 10.4 Å². The minimum atomic E-state index is -1.03. The van der Waals surface area contributed by atoms with Crippen LogP contribution in [0.15, 0.2) is 12.3 Å². The van der Waals surface area contributed by atoms with Crippen LogP contribution in [0.4, 0.5) is 5.82 Å². The van der Waals surface area contributed by atoms with Gasteiger partial charge in [0.15, 0.2) is 5.82 Å². The maximum Gasteiger partial charge on any atom is 0.303 e. The van der Waals surface area contributed by atoms with E-state index < -0.39 is 17.9 Å². The van der Waals surface area contributed by atoms with Gasteiger partial charge in [0.1, 0.15) is 6.04 Å². The van der Waals surface area contributed by atoms with Gasteiger partial charge in [0.25, 0.3) is 5.91 Å². The molecule has 2 heterocycles. The summed E-state index contributed by atoms with van der Waals surface area (Å²) in [5.41, 5.74) is 0. The number of nitrogens with zero attached hydrogens (tertiary/aromatic N) is 3. The summed E-state index contributed by atoms with van der Waals surface area (Å²) in [5, 5.41) is 15.3. The minimum Gasteiger partial charge on any atom is -0.481 e. The van der Waals surface area contributed by atoms with Crippen LogP contribution < -0.4 is 10.2 Å². The first kappa shape index (κ1) is 15.0. The largest absolute Gasteiger partial charge is 0.481 e. The third-order valence-corrected chi connectivity index (χ3v) is 3.32. The highest BCUT2D eigenvalue weighted by molar-refractivity contribution is 5.99. The second-order valence-corrected chi connectivity index (χ2v) is 4.99. The Morgan fingerprint density at radius 1 is 1.48 bits per heavy atom. The molecule has 0 radical (unpaired) electrons. The normalized spacial score (nSPS) is 18.6. The number of nitrogens with one attached hydrogen (secondary N) is 1. The number of hydrogen-bond acceptors (Lipinski definition) is 4. The Bertz CT molecular complexity index is 554. The van der Waals surface area contributed by atoms with E-state index in [9.17, 15) is 14.4 Å². The number of aryl methyl sites for hydroxylation is 1.